The van der Waals surface area contributed by atoms with E-state index in [2.05, 4.69) is 10.0 Å². The average Bonchev–Trinajstić information content (AvgIpc) is 2.41. The Labute approximate surface area is 125 Å². The molecule has 1 aromatic rings. The van der Waals surface area contributed by atoms with E-state index in [1.807, 2.05) is 0 Å². The maximum atomic E-state index is 12.0. The highest BCUT2D eigenvalue weighted by molar-refractivity contribution is 7.89. The van der Waals surface area contributed by atoms with Gasteiger partial charge >= 0.3 is 0 Å². The molecule has 0 aliphatic heterocycles. The minimum absolute atomic E-state index is 0.133. The van der Waals surface area contributed by atoms with Crippen molar-refractivity contribution < 1.29 is 18.3 Å². The predicted octanol–water partition coefficient (Wildman–Crippen LogP) is 0.762. The summed E-state index contributed by atoms with van der Waals surface area (Å²) in [6.07, 6.45) is 0.706. The topological polar surface area (TPSA) is 95.5 Å². The lowest BCUT2D eigenvalue weighted by Gasteiger charge is -2.08. The van der Waals surface area contributed by atoms with E-state index in [9.17, 15) is 13.2 Å². The van der Waals surface area contributed by atoms with Crippen LogP contribution in [0.5, 0.6) is 0 Å². The number of hydrogen-bond acceptors (Lipinski definition) is 4. The Morgan fingerprint density at radius 1 is 1.29 bits per heavy atom. The number of benzene rings is 1. The molecule has 0 fully saturated rings. The summed E-state index contributed by atoms with van der Waals surface area (Å²) in [5, 5.41) is 11.8. The highest BCUT2D eigenvalue weighted by Gasteiger charge is 2.13. The molecule has 0 saturated heterocycles. The Balaban J connectivity index is 2.56. The lowest BCUT2D eigenvalue weighted by atomic mass is 10.2. The van der Waals surface area contributed by atoms with Crippen LogP contribution in [0, 0.1) is 0 Å². The molecule has 1 aromatic carbocycles. The van der Waals surface area contributed by atoms with Crippen molar-refractivity contribution >= 4 is 15.9 Å². The van der Waals surface area contributed by atoms with Crippen LogP contribution in [0.25, 0.3) is 0 Å². The van der Waals surface area contributed by atoms with Gasteiger partial charge in [0, 0.05) is 20.0 Å². The van der Waals surface area contributed by atoms with E-state index in [1.165, 1.54) is 19.1 Å². The second-order valence-corrected chi connectivity index (χ2v) is 6.71. The summed E-state index contributed by atoms with van der Waals surface area (Å²) >= 11 is 0. The Morgan fingerprint density at radius 2 is 1.90 bits per heavy atom. The van der Waals surface area contributed by atoms with Crippen LogP contribution >= 0.6 is 0 Å². The van der Waals surface area contributed by atoms with Crippen LogP contribution in [0.15, 0.2) is 29.2 Å². The van der Waals surface area contributed by atoms with E-state index < -0.39 is 16.1 Å². The van der Waals surface area contributed by atoms with Crippen molar-refractivity contribution in [2.75, 3.05) is 6.54 Å². The first-order chi connectivity index (χ1) is 9.81. The van der Waals surface area contributed by atoms with E-state index in [-0.39, 0.29) is 10.8 Å². The largest absolute Gasteiger partial charge is 0.393 e. The lowest BCUT2D eigenvalue weighted by Crippen LogP contribution is -2.25. The van der Waals surface area contributed by atoms with Crippen molar-refractivity contribution in [2.45, 2.75) is 44.2 Å². The fourth-order valence-electron chi connectivity index (χ4n) is 1.70. The molecular formula is C14H22N2O4S. The number of sulfonamides is 1. The zero-order chi connectivity index (χ0) is 15.9. The van der Waals surface area contributed by atoms with Gasteiger partial charge in [0.25, 0.3) is 0 Å². The minimum Gasteiger partial charge on any atom is -0.393 e. The van der Waals surface area contributed by atoms with Gasteiger partial charge in [-0.1, -0.05) is 12.1 Å². The van der Waals surface area contributed by atoms with E-state index in [0.717, 1.165) is 5.56 Å². The number of amides is 1. The molecule has 0 aliphatic carbocycles. The molecule has 1 unspecified atom stereocenters. The summed E-state index contributed by atoms with van der Waals surface area (Å²) in [5.74, 6) is -0.133. The first-order valence-electron chi connectivity index (χ1n) is 6.82. The molecule has 0 bridgehead atoms. The standard InChI is InChI=1S/C14H22N2O4S/c1-11(17)4-3-9-16-21(19,20)14-7-5-13(6-8-14)10-15-12(2)18/h5-8,11,16-17H,3-4,9-10H2,1-2H3,(H,15,18). The number of carbonyl (C=O) groups excluding carboxylic acids is 1. The highest BCUT2D eigenvalue weighted by Crippen LogP contribution is 2.10. The zero-order valence-electron chi connectivity index (χ0n) is 12.3. The van der Waals surface area contributed by atoms with Crippen LogP contribution in [0.3, 0.4) is 0 Å². The Bertz CT molecular complexity index is 553. The number of nitrogens with one attached hydrogen (secondary N) is 2. The van der Waals surface area contributed by atoms with Crippen LogP contribution < -0.4 is 10.0 Å². The Morgan fingerprint density at radius 3 is 2.43 bits per heavy atom. The number of carbonyl (C=O) groups is 1. The van der Waals surface area contributed by atoms with Crippen molar-refractivity contribution in [1.82, 2.24) is 10.0 Å². The molecule has 3 N–H and O–H groups in total. The highest BCUT2D eigenvalue weighted by atomic mass is 32.2. The van der Waals surface area contributed by atoms with Gasteiger partial charge in [-0.2, -0.15) is 0 Å². The maximum absolute atomic E-state index is 12.0. The van der Waals surface area contributed by atoms with Gasteiger partial charge in [0.2, 0.25) is 15.9 Å². The van der Waals surface area contributed by atoms with Gasteiger partial charge in [0.1, 0.15) is 0 Å². The molecule has 7 heteroatoms. The van der Waals surface area contributed by atoms with Gasteiger partial charge in [0.05, 0.1) is 11.0 Å². The van der Waals surface area contributed by atoms with Gasteiger partial charge < -0.3 is 10.4 Å². The molecule has 0 saturated carbocycles. The summed E-state index contributed by atoms with van der Waals surface area (Å²) in [6.45, 7) is 3.76. The van der Waals surface area contributed by atoms with Crippen molar-refractivity contribution in [3.05, 3.63) is 29.8 Å². The van der Waals surface area contributed by atoms with Crippen molar-refractivity contribution in [3.8, 4) is 0 Å². The lowest BCUT2D eigenvalue weighted by molar-refractivity contribution is -0.119. The summed E-state index contributed by atoms with van der Waals surface area (Å²) in [4.78, 5) is 11.0. The molecule has 21 heavy (non-hydrogen) atoms. The van der Waals surface area contributed by atoms with Crippen LogP contribution in [0.1, 0.15) is 32.3 Å². The molecule has 0 aliphatic rings. The van der Waals surface area contributed by atoms with Crippen molar-refractivity contribution in [2.24, 2.45) is 0 Å². The van der Waals surface area contributed by atoms with Gasteiger partial charge in [-0.25, -0.2) is 13.1 Å². The van der Waals surface area contributed by atoms with Crippen LogP contribution in [0.4, 0.5) is 0 Å². The fourth-order valence-corrected chi connectivity index (χ4v) is 2.77. The monoisotopic (exact) mass is 314 g/mol. The normalized spacial score (nSPS) is 12.9. The molecule has 0 spiro atoms. The van der Waals surface area contributed by atoms with Crippen LogP contribution in [-0.2, 0) is 21.4 Å². The van der Waals surface area contributed by atoms with E-state index in [4.69, 9.17) is 5.11 Å². The van der Waals surface area contributed by atoms with E-state index in [0.29, 0.717) is 25.9 Å². The number of hydrogen-bond donors (Lipinski definition) is 3. The quantitative estimate of drug-likeness (QED) is 0.617. The SMILES string of the molecule is CC(=O)NCc1ccc(S(=O)(=O)NCCCC(C)O)cc1. The molecule has 0 heterocycles. The predicted molar refractivity (Wildman–Crippen MR) is 80.1 cm³/mol. The first-order valence-corrected chi connectivity index (χ1v) is 8.30. The van der Waals surface area contributed by atoms with E-state index >= 15 is 0 Å². The molecule has 0 radical (unpaired) electrons. The number of aliphatic hydroxyl groups excluding tert-OH is 1. The third-order valence-electron chi connectivity index (χ3n) is 2.87. The number of aliphatic hydroxyl groups is 1. The van der Waals surface area contributed by atoms with Crippen molar-refractivity contribution in [1.29, 1.82) is 0 Å². The van der Waals surface area contributed by atoms with Crippen molar-refractivity contribution in [3.63, 3.8) is 0 Å². The fraction of sp³-hybridized carbons (Fsp3) is 0.500. The van der Waals surface area contributed by atoms with Gasteiger partial charge in [0.15, 0.2) is 0 Å². The van der Waals surface area contributed by atoms with Crippen LogP contribution in [0.2, 0.25) is 0 Å². The third kappa shape index (κ3) is 6.70. The molecular weight excluding hydrogens is 292 g/mol. The summed E-state index contributed by atoms with van der Waals surface area (Å²) < 4.78 is 26.5. The molecule has 1 amide bonds. The molecule has 1 atom stereocenters. The average molecular weight is 314 g/mol. The van der Waals surface area contributed by atoms with Gasteiger partial charge in [-0.05, 0) is 37.5 Å². The van der Waals surface area contributed by atoms with Gasteiger partial charge in [-0.15, -0.1) is 0 Å². The molecule has 6 nitrogen and oxygen atoms in total. The van der Waals surface area contributed by atoms with Gasteiger partial charge in [-0.3, -0.25) is 4.79 Å². The zero-order valence-corrected chi connectivity index (χ0v) is 13.1. The third-order valence-corrected chi connectivity index (χ3v) is 4.34. The summed E-state index contributed by atoms with van der Waals surface area (Å²) in [7, 11) is -3.53. The molecule has 1 rings (SSSR count). The Hall–Kier alpha value is -1.44. The Kier molecular flexibility index (Phi) is 6.80. The maximum Gasteiger partial charge on any atom is 0.240 e. The summed E-state index contributed by atoms with van der Waals surface area (Å²) in [6, 6.07) is 6.35. The second kappa shape index (κ2) is 8.11. The minimum atomic E-state index is -3.53. The molecule has 0 aromatic heterocycles. The van der Waals surface area contributed by atoms with Crippen LogP contribution in [-0.4, -0.2) is 32.1 Å². The second-order valence-electron chi connectivity index (χ2n) is 4.94. The van der Waals surface area contributed by atoms with E-state index in [1.54, 1.807) is 19.1 Å². The number of rotatable bonds is 8. The molecule has 118 valence electrons. The smallest absolute Gasteiger partial charge is 0.240 e. The summed E-state index contributed by atoms with van der Waals surface area (Å²) in [5.41, 5.74) is 0.832. The first kappa shape index (κ1) is 17.6.